The van der Waals surface area contributed by atoms with Gasteiger partial charge in [-0.05, 0) is 23.8 Å². The van der Waals surface area contributed by atoms with E-state index in [0.29, 0.717) is 26.1 Å². The van der Waals surface area contributed by atoms with E-state index in [2.05, 4.69) is 0 Å². The standard InChI is InChI=1S/C16H14BCl3N2O2/c1-17-15(24)22-9-11-6-7-13(14(23)16(18,19)20)21(11)8-10-4-2-3-5-12(10)22/h2-7,17H,8-9H2,1H3. The van der Waals surface area contributed by atoms with E-state index in [4.69, 9.17) is 34.8 Å². The Kier molecular flexibility index (Phi) is 4.69. The normalized spacial score (nSPS) is 13.8. The summed E-state index contributed by atoms with van der Waals surface area (Å²) in [6, 6.07) is 11.1. The minimum absolute atomic E-state index is 0.0198. The largest absolute Gasteiger partial charge is 0.336 e. The van der Waals surface area contributed by atoms with Crippen molar-refractivity contribution in [2.24, 2.45) is 0 Å². The summed E-state index contributed by atoms with van der Waals surface area (Å²) in [6.07, 6.45) is 0. The predicted molar refractivity (Wildman–Crippen MR) is 99.2 cm³/mol. The van der Waals surface area contributed by atoms with E-state index in [1.54, 1.807) is 17.0 Å². The van der Waals surface area contributed by atoms with Crippen molar-refractivity contribution in [3.05, 3.63) is 53.3 Å². The number of halogens is 3. The van der Waals surface area contributed by atoms with Gasteiger partial charge in [-0.25, -0.2) is 0 Å². The molecule has 1 aliphatic heterocycles. The van der Waals surface area contributed by atoms with Crippen molar-refractivity contribution < 1.29 is 9.59 Å². The van der Waals surface area contributed by atoms with Crippen LogP contribution in [0.1, 0.15) is 21.7 Å². The van der Waals surface area contributed by atoms with Crippen molar-refractivity contribution in [1.29, 1.82) is 0 Å². The Balaban J connectivity index is 2.12. The number of fused-ring (bicyclic) bond motifs is 2. The number of nitrogens with zero attached hydrogens (tertiary/aromatic N) is 2. The van der Waals surface area contributed by atoms with Crippen LogP contribution in [0.5, 0.6) is 0 Å². The van der Waals surface area contributed by atoms with E-state index in [1.165, 1.54) is 0 Å². The zero-order chi connectivity index (χ0) is 17.5. The molecule has 8 heteroatoms. The van der Waals surface area contributed by atoms with E-state index in [9.17, 15) is 9.59 Å². The quantitative estimate of drug-likeness (QED) is 0.447. The molecule has 1 aliphatic rings. The van der Waals surface area contributed by atoms with Gasteiger partial charge in [0, 0.05) is 11.4 Å². The molecule has 1 aromatic carbocycles. The lowest BCUT2D eigenvalue weighted by Gasteiger charge is -2.22. The number of hydrogen-bond acceptors (Lipinski definition) is 2. The average molecular weight is 383 g/mol. The Bertz CT molecular complexity index is 814. The maximum absolute atomic E-state index is 12.4. The molecule has 0 saturated carbocycles. The summed E-state index contributed by atoms with van der Waals surface area (Å²) in [5, 5.41) is 0. The first-order valence-electron chi connectivity index (χ1n) is 7.51. The van der Waals surface area contributed by atoms with Crippen LogP contribution in [0.2, 0.25) is 6.82 Å². The average Bonchev–Trinajstić information content (AvgIpc) is 2.85. The highest BCUT2D eigenvalue weighted by Crippen LogP contribution is 2.34. The zero-order valence-electron chi connectivity index (χ0n) is 12.9. The molecule has 0 radical (unpaired) electrons. The second-order valence-electron chi connectivity index (χ2n) is 5.59. The highest BCUT2D eigenvalue weighted by atomic mass is 35.6. The van der Waals surface area contributed by atoms with Crippen LogP contribution in [0.4, 0.5) is 10.5 Å². The third-order valence-electron chi connectivity index (χ3n) is 4.10. The van der Waals surface area contributed by atoms with Gasteiger partial charge in [0.15, 0.2) is 5.81 Å². The van der Waals surface area contributed by atoms with Crippen molar-refractivity contribution in [3.8, 4) is 0 Å². The highest BCUT2D eigenvalue weighted by Gasteiger charge is 2.35. The van der Waals surface area contributed by atoms with Gasteiger partial charge >= 0.3 is 0 Å². The number of benzene rings is 1. The van der Waals surface area contributed by atoms with Gasteiger partial charge in [0.25, 0.3) is 3.79 Å². The first kappa shape index (κ1) is 17.4. The Labute approximate surface area is 155 Å². The molecule has 24 heavy (non-hydrogen) atoms. The summed E-state index contributed by atoms with van der Waals surface area (Å²) in [7, 11) is 0.398. The van der Waals surface area contributed by atoms with Crippen LogP contribution >= 0.6 is 34.8 Å². The van der Waals surface area contributed by atoms with Crippen LogP contribution in [-0.2, 0) is 13.1 Å². The second-order valence-corrected chi connectivity index (χ2v) is 7.87. The molecule has 0 atom stereocenters. The fraction of sp³-hybridized carbons (Fsp3) is 0.250. The number of aromatic nitrogens is 1. The van der Waals surface area contributed by atoms with Gasteiger partial charge in [-0.15, -0.1) is 0 Å². The van der Waals surface area contributed by atoms with E-state index >= 15 is 0 Å². The third kappa shape index (κ3) is 3.08. The third-order valence-corrected chi connectivity index (χ3v) is 4.61. The predicted octanol–water partition coefficient (Wildman–Crippen LogP) is 4.01. The molecule has 124 valence electrons. The number of alkyl halides is 3. The number of carbonyl (C=O) groups is 2. The summed E-state index contributed by atoms with van der Waals surface area (Å²) in [5.41, 5.74) is 2.93. The van der Waals surface area contributed by atoms with Gasteiger partial charge in [-0.2, -0.15) is 0 Å². The molecule has 0 saturated heterocycles. The molecule has 1 aromatic heterocycles. The molecule has 0 N–H and O–H groups in total. The van der Waals surface area contributed by atoms with Crippen molar-refractivity contribution in [3.63, 3.8) is 0 Å². The molecule has 3 rings (SSSR count). The summed E-state index contributed by atoms with van der Waals surface area (Å²) in [4.78, 5) is 26.5. The molecular formula is C16H14BCl3N2O2. The molecule has 2 aromatic rings. The number of anilines is 1. The minimum Gasteiger partial charge on any atom is -0.336 e. The molecule has 4 nitrogen and oxygen atoms in total. The fourth-order valence-corrected chi connectivity index (χ4v) is 3.21. The van der Waals surface area contributed by atoms with Gasteiger partial charge in [0.05, 0.1) is 18.8 Å². The molecule has 0 spiro atoms. The smallest absolute Gasteiger partial charge is 0.255 e. The number of hydrogen-bond donors (Lipinski definition) is 0. The van der Waals surface area contributed by atoms with Gasteiger partial charge in [-0.3, -0.25) is 9.59 Å². The number of amides is 1. The monoisotopic (exact) mass is 382 g/mol. The van der Waals surface area contributed by atoms with E-state index in [1.807, 2.05) is 35.7 Å². The highest BCUT2D eigenvalue weighted by molar-refractivity contribution is 6.77. The minimum atomic E-state index is -2.01. The zero-order valence-corrected chi connectivity index (χ0v) is 15.2. The van der Waals surface area contributed by atoms with Crippen LogP contribution < -0.4 is 4.90 Å². The van der Waals surface area contributed by atoms with Crippen molar-refractivity contribution in [2.45, 2.75) is 23.7 Å². The molecule has 0 unspecified atom stereocenters. The lowest BCUT2D eigenvalue weighted by Crippen LogP contribution is -2.32. The van der Waals surface area contributed by atoms with Crippen LogP contribution in [0.3, 0.4) is 0 Å². The number of Topliss-reactive ketones (excluding diaryl/α,β-unsaturated/α-hetero) is 1. The Morgan fingerprint density at radius 1 is 1.08 bits per heavy atom. The first-order valence-corrected chi connectivity index (χ1v) is 8.64. The van der Waals surface area contributed by atoms with Crippen molar-refractivity contribution in [2.75, 3.05) is 4.90 Å². The van der Waals surface area contributed by atoms with Crippen LogP contribution in [0, 0.1) is 0 Å². The number of para-hydroxylation sites is 1. The molecule has 2 heterocycles. The van der Waals surface area contributed by atoms with E-state index in [0.717, 1.165) is 16.9 Å². The molecular weight excluding hydrogens is 369 g/mol. The van der Waals surface area contributed by atoms with Gasteiger partial charge in [-0.1, -0.05) is 59.8 Å². The summed E-state index contributed by atoms with van der Waals surface area (Å²) in [5.74, 6) is -0.558. The fourth-order valence-electron chi connectivity index (χ4n) is 2.92. The van der Waals surface area contributed by atoms with Gasteiger partial charge in [0.1, 0.15) is 0 Å². The SMILES string of the molecule is CBC(=O)N1Cc2ccc(C(=O)C(Cl)(Cl)Cl)n2Cc2ccccc21. The van der Waals surface area contributed by atoms with Crippen LogP contribution in [-0.4, -0.2) is 27.2 Å². The maximum Gasteiger partial charge on any atom is 0.255 e. The lowest BCUT2D eigenvalue weighted by atomic mass is 9.80. The molecule has 0 bridgehead atoms. The summed E-state index contributed by atoms with van der Waals surface area (Å²) < 4.78 is -0.203. The van der Waals surface area contributed by atoms with E-state index in [-0.39, 0.29) is 5.81 Å². The molecule has 0 fully saturated rings. The maximum atomic E-state index is 12.4. The van der Waals surface area contributed by atoms with Crippen LogP contribution in [0.25, 0.3) is 0 Å². The van der Waals surface area contributed by atoms with E-state index < -0.39 is 9.58 Å². The number of carbonyl (C=O) groups excluding carboxylic acids is 2. The Morgan fingerprint density at radius 2 is 1.79 bits per heavy atom. The topological polar surface area (TPSA) is 42.3 Å². The molecule has 0 aliphatic carbocycles. The Morgan fingerprint density at radius 3 is 2.46 bits per heavy atom. The summed E-state index contributed by atoms with van der Waals surface area (Å²) >= 11 is 17.3. The van der Waals surface area contributed by atoms with Gasteiger partial charge in [0.2, 0.25) is 13.1 Å². The van der Waals surface area contributed by atoms with Gasteiger partial charge < -0.3 is 9.47 Å². The van der Waals surface area contributed by atoms with Crippen LogP contribution in [0.15, 0.2) is 36.4 Å². The first-order chi connectivity index (χ1) is 11.3. The lowest BCUT2D eigenvalue weighted by molar-refractivity contribution is 0.0987. The summed E-state index contributed by atoms with van der Waals surface area (Å²) in [6.45, 7) is 2.64. The Hall–Kier alpha value is -1.43. The number of rotatable bonds is 2. The number of ketones is 1. The van der Waals surface area contributed by atoms with Crippen molar-refractivity contribution in [1.82, 2.24) is 4.57 Å². The van der Waals surface area contributed by atoms with Crippen molar-refractivity contribution >= 4 is 59.4 Å². The molecule has 1 amide bonds. The second kappa shape index (κ2) is 6.47.